The third-order valence-corrected chi connectivity index (χ3v) is 12.0. The summed E-state index contributed by atoms with van der Waals surface area (Å²) in [5.41, 5.74) is 2.80. The Morgan fingerprint density at radius 1 is 0.364 bits per heavy atom. The molecule has 4 aromatic rings. The minimum Gasteiger partial charge on any atom is -0.494 e. The molecule has 364 valence electrons. The molecule has 0 aromatic heterocycles. The van der Waals surface area contributed by atoms with E-state index in [1.807, 2.05) is 72.8 Å². The SMILES string of the molecule is CCCCCCCCCCOc1ccc(COc2cc(C(=O)O)cc(OCc3ccc(OCCCCCCCCCC)cc3)c2OCc2ccc(OCCCCCCCCCC)cc2)cc1. The summed E-state index contributed by atoms with van der Waals surface area (Å²) in [5.74, 6) is 2.30. The molecule has 0 atom stereocenters. The van der Waals surface area contributed by atoms with E-state index in [-0.39, 0.29) is 36.9 Å². The van der Waals surface area contributed by atoms with Crippen LogP contribution in [0.5, 0.6) is 34.5 Å². The topological polar surface area (TPSA) is 92.7 Å². The minimum absolute atomic E-state index is 0.0414. The molecule has 0 radical (unpaired) electrons. The number of carbonyl (C=O) groups is 1. The van der Waals surface area contributed by atoms with Gasteiger partial charge in [-0.1, -0.05) is 192 Å². The number of ether oxygens (including phenoxy) is 6. The van der Waals surface area contributed by atoms with Gasteiger partial charge < -0.3 is 33.5 Å². The van der Waals surface area contributed by atoms with E-state index in [2.05, 4.69) is 20.8 Å². The standard InChI is InChI=1S/C58H84O8/c1-4-7-10-13-16-19-22-25-40-61-52-34-28-48(29-35-52)45-64-55-43-51(58(59)60)44-56(65-46-49-30-36-53(37-31-49)62-41-26-23-20-17-14-11-8-5-2)57(55)66-47-50-32-38-54(39-33-50)63-42-27-24-21-18-15-12-9-6-3/h28-39,43-44H,4-27,40-42,45-47H2,1-3H3,(H,59,60). The zero-order chi connectivity index (χ0) is 46.7. The van der Waals surface area contributed by atoms with Crippen molar-refractivity contribution in [3.8, 4) is 34.5 Å². The third-order valence-electron chi connectivity index (χ3n) is 12.0. The molecule has 0 aliphatic carbocycles. The summed E-state index contributed by atoms with van der Waals surface area (Å²) in [6.45, 7) is 9.46. The van der Waals surface area contributed by atoms with Gasteiger partial charge in [-0.25, -0.2) is 4.79 Å². The maximum atomic E-state index is 12.4. The molecule has 8 nitrogen and oxygen atoms in total. The molecule has 0 aliphatic rings. The number of unbranched alkanes of at least 4 members (excludes halogenated alkanes) is 21. The maximum absolute atomic E-state index is 12.4. The predicted molar refractivity (Wildman–Crippen MR) is 270 cm³/mol. The lowest BCUT2D eigenvalue weighted by atomic mass is 10.1. The molecule has 0 heterocycles. The van der Waals surface area contributed by atoms with Gasteiger partial charge in [0.1, 0.15) is 37.1 Å². The third kappa shape index (κ3) is 23.1. The Bertz CT molecular complexity index is 1730. The van der Waals surface area contributed by atoms with E-state index < -0.39 is 5.97 Å². The summed E-state index contributed by atoms with van der Waals surface area (Å²) >= 11 is 0. The molecule has 0 aliphatic heterocycles. The number of aromatic carboxylic acids is 1. The molecule has 0 fully saturated rings. The van der Waals surface area contributed by atoms with Crippen molar-refractivity contribution in [1.82, 2.24) is 0 Å². The lowest BCUT2D eigenvalue weighted by Crippen LogP contribution is -2.07. The Hall–Kier alpha value is -4.85. The zero-order valence-electron chi connectivity index (χ0n) is 41.1. The van der Waals surface area contributed by atoms with Crippen LogP contribution in [-0.2, 0) is 19.8 Å². The molecule has 4 aromatic carbocycles. The molecular formula is C58H84O8. The van der Waals surface area contributed by atoms with Gasteiger partial charge in [-0.3, -0.25) is 0 Å². The van der Waals surface area contributed by atoms with Crippen molar-refractivity contribution in [2.24, 2.45) is 0 Å². The van der Waals surface area contributed by atoms with Crippen LogP contribution >= 0.6 is 0 Å². The largest absolute Gasteiger partial charge is 0.494 e. The molecule has 0 bridgehead atoms. The lowest BCUT2D eigenvalue weighted by molar-refractivity contribution is 0.0695. The Morgan fingerprint density at radius 2 is 0.636 bits per heavy atom. The molecule has 4 rings (SSSR count). The van der Waals surface area contributed by atoms with Crippen LogP contribution in [-0.4, -0.2) is 30.9 Å². The van der Waals surface area contributed by atoms with E-state index >= 15 is 0 Å². The van der Waals surface area contributed by atoms with E-state index in [1.165, 1.54) is 147 Å². The van der Waals surface area contributed by atoms with Crippen LogP contribution < -0.4 is 28.4 Å². The number of rotatable bonds is 40. The van der Waals surface area contributed by atoms with E-state index in [9.17, 15) is 9.90 Å². The first kappa shape index (κ1) is 53.8. The molecule has 0 saturated heterocycles. The fraction of sp³-hybridized carbons (Fsp3) is 0.569. The zero-order valence-corrected chi connectivity index (χ0v) is 41.1. The van der Waals surface area contributed by atoms with E-state index in [0.29, 0.717) is 25.6 Å². The lowest BCUT2D eigenvalue weighted by Gasteiger charge is -2.19. The van der Waals surface area contributed by atoms with Crippen LogP contribution in [0.15, 0.2) is 84.9 Å². The van der Waals surface area contributed by atoms with Gasteiger partial charge in [-0.15, -0.1) is 0 Å². The molecule has 0 unspecified atom stereocenters. The number of benzene rings is 4. The Kier molecular flexibility index (Phi) is 28.1. The molecule has 8 heteroatoms. The van der Waals surface area contributed by atoms with Gasteiger partial charge >= 0.3 is 5.97 Å². The monoisotopic (exact) mass is 909 g/mol. The van der Waals surface area contributed by atoms with Gasteiger partial charge in [0.25, 0.3) is 0 Å². The average Bonchev–Trinajstić information content (AvgIpc) is 3.34. The van der Waals surface area contributed by atoms with Crippen molar-refractivity contribution >= 4 is 5.97 Å². The second kappa shape index (κ2) is 34.5. The normalized spacial score (nSPS) is 11.1. The van der Waals surface area contributed by atoms with Gasteiger partial charge in [-0.05, 0) is 84.5 Å². The summed E-state index contributed by atoms with van der Waals surface area (Å²) in [4.78, 5) is 12.4. The minimum atomic E-state index is -1.09. The second-order valence-corrected chi connectivity index (χ2v) is 17.9. The van der Waals surface area contributed by atoms with Crippen molar-refractivity contribution in [3.63, 3.8) is 0 Å². The summed E-state index contributed by atoms with van der Waals surface area (Å²) < 4.78 is 37.3. The van der Waals surface area contributed by atoms with Gasteiger partial charge in [-0.2, -0.15) is 0 Å². The van der Waals surface area contributed by atoms with Gasteiger partial charge in [0.15, 0.2) is 11.5 Å². The van der Waals surface area contributed by atoms with Crippen molar-refractivity contribution in [2.75, 3.05) is 19.8 Å². The van der Waals surface area contributed by atoms with Gasteiger partial charge in [0.2, 0.25) is 5.75 Å². The average molecular weight is 909 g/mol. The first-order valence-corrected chi connectivity index (χ1v) is 25.9. The Morgan fingerprint density at radius 3 is 0.924 bits per heavy atom. The molecule has 0 saturated carbocycles. The fourth-order valence-corrected chi connectivity index (χ4v) is 7.86. The van der Waals surface area contributed by atoms with E-state index in [4.69, 9.17) is 28.4 Å². The number of hydrogen-bond acceptors (Lipinski definition) is 7. The fourth-order valence-electron chi connectivity index (χ4n) is 7.86. The van der Waals surface area contributed by atoms with Crippen molar-refractivity contribution in [1.29, 1.82) is 0 Å². The predicted octanol–water partition coefficient (Wildman–Crippen LogP) is 16.7. The van der Waals surface area contributed by atoms with E-state index in [0.717, 1.165) is 53.2 Å². The molecule has 0 spiro atoms. The van der Waals surface area contributed by atoms with Crippen molar-refractivity contribution < 1.29 is 38.3 Å². The summed E-state index contributed by atoms with van der Waals surface area (Å²) in [5, 5.41) is 10.2. The van der Waals surface area contributed by atoms with E-state index in [1.54, 1.807) is 0 Å². The Labute approximate surface area is 399 Å². The highest BCUT2D eigenvalue weighted by Gasteiger charge is 2.20. The highest BCUT2D eigenvalue weighted by atomic mass is 16.5. The smallest absolute Gasteiger partial charge is 0.335 e. The van der Waals surface area contributed by atoms with Crippen molar-refractivity contribution in [3.05, 3.63) is 107 Å². The molecule has 1 N–H and O–H groups in total. The number of hydrogen-bond donors (Lipinski definition) is 1. The van der Waals surface area contributed by atoms with Crippen LogP contribution in [0.4, 0.5) is 0 Å². The highest BCUT2D eigenvalue weighted by Crippen LogP contribution is 2.41. The van der Waals surface area contributed by atoms with Crippen LogP contribution in [0, 0.1) is 0 Å². The van der Waals surface area contributed by atoms with Gasteiger partial charge in [0.05, 0.1) is 25.4 Å². The Balaban J connectivity index is 1.37. The first-order chi connectivity index (χ1) is 32.5. The second-order valence-electron chi connectivity index (χ2n) is 17.9. The number of carboxylic acid groups (broad SMARTS) is 1. The van der Waals surface area contributed by atoms with Crippen LogP contribution in [0.3, 0.4) is 0 Å². The summed E-state index contributed by atoms with van der Waals surface area (Å²) in [6.07, 6.45) is 30.2. The van der Waals surface area contributed by atoms with Crippen molar-refractivity contribution in [2.45, 2.75) is 195 Å². The summed E-state index contributed by atoms with van der Waals surface area (Å²) in [7, 11) is 0. The van der Waals surface area contributed by atoms with Crippen LogP contribution in [0.2, 0.25) is 0 Å². The first-order valence-electron chi connectivity index (χ1n) is 25.9. The van der Waals surface area contributed by atoms with Gasteiger partial charge in [0, 0.05) is 0 Å². The van der Waals surface area contributed by atoms with Crippen LogP contribution in [0.1, 0.15) is 202 Å². The molecule has 66 heavy (non-hydrogen) atoms. The number of carboxylic acids is 1. The maximum Gasteiger partial charge on any atom is 0.335 e. The molecule has 0 amide bonds. The molecular weight excluding hydrogens is 825 g/mol. The summed E-state index contributed by atoms with van der Waals surface area (Å²) in [6, 6.07) is 26.7. The quantitative estimate of drug-likeness (QED) is 0.0441. The highest BCUT2D eigenvalue weighted by molar-refractivity contribution is 5.89. The van der Waals surface area contributed by atoms with Crippen LogP contribution in [0.25, 0.3) is 0 Å².